The highest BCUT2D eigenvalue weighted by atomic mass is 16.7. The molecule has 4 rings (SSSR count). The van der Waals surface area contributed by atoms with Crippen molar-refractivity contribution in [3.8, 4) is 17.6 Å². The number of carbonyl (C=O) groups excluding carboxylic acids is 1. The summed E-state index contributed by atoms with van der Waals surface area (Å²) in [7, 11) is 0. The van der Waals surface area contributed by atoms with Gasteiger partial charge < -0.3 is 20.1 Å². The maximum absolute atomic E-state index is 12.3. The van der Waals surface area contributed by atoms with E-state index in [1.165, 1.54) is 0 Å². The molecule has 1 amide bonds. The van der Waals surface area contributed by atoms with Gasteiger partial charge in [-0.15, -0.1) is 10.2 Å². The molecule has 0 saturated carbocycles. The molecule has 2 aromatic carbocycles. The van der Waals surface area contributed by atoms with Crippen molar-refractivity contribution in [1.82, 2.24) is 15.5 Å². The minimum Gasteiger partial charge on any atom is -0.454 e. The lowest BCUT2D eigenvalue weighted by Gasteiger charge is -2.07. The zero-order chi connectivity index (χ0) is 19.3. The number of hydrogen-bond acceptors (Lipinski definition) is 7. The van der Waals surface area contributed by atoms with Crippen molar-refractivity contribution < 1.29 is 14.3 Å². The first-order chi connectivity index (χ1) is 13.7. The first-order valence-corrected chi connectivity index (χ1v) is 8.49. The third-order valence-electron chi connectivity index (χ3n) is 4.07. The molecule has 0 fully saturated rings. The third-order valence-corrected chi connectivity index (χ3v) is 4.07. The first kappa shape index (κ1) is 17.3. The molecule has 8 nitrogen and oxygen atoms in total. The number of amides is 1. The van der Waals surface area contributed by atoms with Gasteiger partial charge in [0, 0.05) is 12.2 Å². The van der Waals surface area contributed by atoms with Crippen LogP contribution in [0.25, 0.3) is 0 Å². The minimum atomic E-state index is -0.324. The van der Waals surface area contributed by atoms with Gasteiger partial charge in [-0.25, -0.2) is 0 Å². The fraction of sp³-hybridized carbons (Fsp3) is 0.100. The number of anilines is 2. The SMILES string of the molecule is N#Cc1ccc(Nc2ccc(C(=O)NCc3ccc4c(c3)OCO4)nn2)cc1. The van der Waals surface area contributed by atoms with E-state index in [0.29, 0.717) is 29.4 Å². The van der Waals surface area contributed by atoms with Crippen molar-refractivity contribution in [1.29, 1.82) is 5.26 Å². The van der Waals surface area contributed by atoms with E-state index in [1.54, 1.807) is 36.4 Å². The van der Waals surface area contributed by atoms with Crippen LogP contribution in [0.1, 0.15) is 21.6 Å². The first-order valence-electron chi connectivity index (χ1n) is 8.49. The zero-order valence-corrected chi connectivity index (χ0v) is 14.7. The van der Waals surface area contributed by atoms with Crippen LogP contribution < -0.4 is 20.1 Å². The number of carbonyl (C=O) groups is 1. The van der Waals surface area contributed by atoms with E-state index >= 15 is 0 Å². The van der Waals surface area contributed by atoms with Crippen LogP contribution in [0, 0.1) is 11.3 Å². The lowest BCUT2D eigenvalue weighted by atomic mass is 10.2. The molecule has 0 unspecified atom stereocenters. The van der Waals surface area contributed by atoms with Gasteiger partial charge in [-0.1, -0.05) is 6.07 Å². The number of nitriles is 1. The van der Waals surface area contributed by atoms with E-state index in [-0.39, 0.29) is 18.4 Å². The van der Waals surface area contributed by atoms with Crippen LogP contribution in [0.4, 0.5) is 11.5 Å². The summed E-state index contributed by atoms with van der Waals surface area (Å²) >= 11 is 0. The van der Waals surface area contributed by atoms with E-state index in [0.717, 1.165) is 11.3 Å². The van der Waals surface area contributed by atoms with E-state index in [1.807, 2.05) is 18.2 Å². The summed E-state index contributed by atoms with van der Waals surface area (Å²) in [6.07, 6.45) is 0. The molecular formula is C20H15N5O3. The second-order valence-electron chi connectivity index (χ2n) is 5.99. The van der Waals surface area contributed by atoms with Crippen molar-refractivity contribution in [2.45, 2.75) is 6.54 Å². The largest absolute Gasteiger partial charge is 0.454 e. The third kappa shape index (κ3) is 3.83. The maximum Gasteiger partial charge on any atom is 0.272 e. The smallest absolute Gasteiger partial charge is 0.272 e. The van der Waals surface area contributed by atoms with Crippen molar-refractivity contribution in [3.05, 3.63) is 71.4 Å². The summed E-state index contributed by atoms with van der Waals surface area (Å²) in [5.74, 6) is 1.54. The summed E-state index contributed by atoms with van der Waals surface area (Å²) in [5, 5.41) is 22.7. The Morgan fingerprint density at radius 2 is 1.86 bits per heavy atom. The Kier molecular flexibility index (Phi) is 4.72. The summed E-state index contributed by atoms with van der Waals surface area (Å²) in [4.78, 5) is 12.3. The van der Waals surface area contributed by atoms with Crippen molar-refractivity contribution in [3.63, 3.8) is 0 Å². The highest BCUT2D eigenvalue weighted by Gasteiger charge is 2.14. The fourth-order valence-corrected chi connectivity index (χ4v) is 2.62. The maximum atomic E-state index is 12.3. The van der Waals surface area contributed by atoms with Crippen LogP contribution in [0.3, 0.4) is 0 Å². The number of benzene rings is 2. The van der Waals surface area contributed by atoms with Gasteiger partial charge in [0.2, 0.25) is 6.79 Å². The molecule has 0 atom stereocenters. The van der Waals surface area contributed by atoms with Gasteiger partial charge in [0.15, 0.2) is 23.0 Å². The zero-order valence-electron chi connectivity index (χ0n) is 14.7. The van der Waals surface area contributed by atoms with E-state index in [4.69, 9.17) is 14.7 Å². The molecule has 138 valence electrons. The number of hydrogen-bond donors (Lipinski definition) is 2. The molecule has 0 radical (unpaired) electrons. The number of nitrogens with one attached hydrogen (secondary N) is 2. The topological polar surface area (TPSA) is 109 Å². The molecule has 0 spiro atoms. The molecule has 1 aliphatic rings. The lowest BCUT2D eigenvalue weighted by molar-refractivity contribution is 0.0945. The highest BCUT2D eigenvalue weighted by molar-refractivity contribution is 5.92. The summed E-state index contributed by atoms with van der Waals surface area (Å²) < 4.78 is 10.6. The minimum absolute atomic E-state index is 0.212. The molecule has 0 aliphatic carbocycles. The molecule has 0 bridgehead atoms. The van der Waals surface area contributed by atoms with E-state index < -0.39 is 0 Å². The predicted octanol–water partition coefficient (Wildman–Crippen LogP) is 2.75. The average molecular weight is 373 g/mol. The predicted molar refractivity (Wildman–Crippen MR) is 100 cm³/mol. The molecule has 2 N–H and O–H groups in total. The van der Waals surface area contributed by atoms with Crippen LogP contribution in [0.2, 0.25) is 0 Å². The molecular weight excluding hydrogens is 358 g/mol. The van der Waals surface area contributed by atoms with Crippen molar-refractivity contribution >= 4 is 17.4 Å². The van der Waals surface area contributed by atoms with Crippen LogP contribution in [-0.2, 0) is 6.54 Å². The fourth-order valence-electron chi connectivity index (χ4n) is 2.62. The van der Waals surface area contributed by atoms with Gasteiger partial charge in [0.05, 0.1) is 11.6 Å². The van der Waals surface area contributed by atoms with E-state index in [9.17, 15) is 4.79 Å². The van der Waals surface area contributed by atoms with Gasteiger partial charge in [-0.3, -0.25) is 4.79 Å². The molecule has 8 heteroatoms. The number of rotatable bonds is 5. The van der Waals surface area contributed by atoms with Crippen LogP contribution in [0.15, 0.2) is 54.6 Å². The van der Waals surface area contributed by atoms with Crippen LogP contribution in [0.5, 0.6) is 11.5 Å². The normalized spacial score (nSPS) is 11.5. The average Bonchev–Trinajstić information content (AvgIpc) is 3.21. The Labute approximate surface area is 160 Å². The van der Waals surface area contributed by atoms with Gasteiger partial charge in [-0.2, -0.15) is 5.26 Å². The van der Waals surface area contributed by atoms with Gasteiger partial charge in [0.1, 0.15) is 0 Å². The molecule has 28 heavy (non-hydrogen) atoms. The Morgan fingerprint density at radius 3 is 2.61 bits per heavy atom. The monoisotopic (exact) mass is 373 g/mol. The number of aromatic nitrogens is 2. The van der Waals surface area contributed by atoms with Crippen molar-refractivity contribution in [2.75, 3.05) is 12.1 Å². The molecule has 3 aromatic rings. The van der Waals surface area contributed by atoms with Gasteiger partial charge in [-0.05, 0) is 54.1 Å². The number of fused-ring (bicyclic) bond motifs is 1. The highest BCUT2D eigenvalue weighted by Crippen LogP contribution is 2.32. The second-order valence-corrected chi connectivity index (χ2v) is 5.99. The van der Waals surface area contributed by atoms with Crippen LogP contribution in [-0.4, -0.2) is 22.9 Å². The molecule has 1 aromatic heterocycles. The molecule has 2 heterocycles. The quantitative estimate of drug-likeness (QED) is 0.708. The summed E-state index contributed by atoms with van der Waals surface area (Å²) in [6.45, 7) is 0.548. The number of ether oxygens (including phenoxy) is 2. The summed E-state index contributed by atoms with van der Waals surface area (Å²) in [5.41, 5.74) is 2.45. The Hall–Kier alpha value is -4.12. The number of nitrogens with zero attached hydrogens (tertiary/aromatic N) is 3. The molecule has 1 aliphatic heterocycles. The standard InChI is InChI=1S/C20H15N5O3/c21-10-13-1-4-15(5-2-13)23-19-8-6-16(24-25-19)20(26)22-11-14-3-7-17-18(9-14)28-12-27-17/h1-9H,11-12H2,(H,22,26)(H,23,25). The van der Waals surface area contributed by atoms with Gasteiger partial charge in [0.25, 0.3) is 5.91 Å². The Bertz CT molecular complexity index is 1040. The van der Waals surface area contributed by atoms with E-state index in [2.05, 4.69) is 26.9 Å². The Balaban J connectivity index is 1.35. The summed E-state index contributed by atoms with van der Waals surface area (Å²) in [6, 6.07) is 17.8. The Morgan fingerprint density at radius 1 is 1.04 bits per heavy atom. The van der Waals surface area contributed by atoms with Crippen molar-refractivity contribution in [2.24, 2.45) is 0 Å². The van der Waals surface area contributed by atoms with Gasteiger partial charge >= 0.3 is 0 Å². The van der Waals surface area contributed by atoms with Crippen LogP contribution >= 0.6 is 0 Å². The molecule has 0 saturated heterocycles. The second kappa shape index (κ2) is 7.63. The lowest BCUT2D eigenvalue weighted by Crippen LogP contribution is -2.24.